The fourth-order valence-electron chi connectivity index (χ4n) is 4.45. The minimum Gasteiger partial charge on any atom is -0.326 e. The first-order valence-electron chi connectivity index (χ1n) is 10.5. The maximum Gasteiger partial charge on any atom is 0.292 e. The van der Waals surface area contributed by atoms with Crippen molar-refractivity contribution in [3.8, 4) is 0 Å². The van der Waals surface area contributed by atoms with Gasteiger partial charge in [-0.25, -0.2) is 4.90 Å². The van der Waals surface area contributed by atoms with Crippen LogP contribution in [0.4, 0.5) is 11.4 Å². The van der Waals surface area contributed by atoms with Gasteiger partial charge in [0.05, 0.1) is 12.1 Å². The number of carbonyl (C=O) groups excluding carboxylic acids is 3. The average molecular weight is 409 g/mol. The number of benzene rings is 2. The number of rotatable bonds is 5. The largest absolute Gasteiger partial charge is 0.326 e. The van der Waals surface area contributed by atoms with Gasteiger partial charge < -0.3 is 15.1 Å². The van der Waals surface area contributed by atoms with Crippen molar-refractivity contribution in [2.75, 3.05) is 36.4 Å². The Kier molecular flexibility index (Phi) is 5.92. The van der Waals surface area contributed by atoms with E-state index in [-0.39, 0.29) is 30.2 Å². The van der Waals surface area contributed by atoms with Crippen LogP contribution in [0.1, 0.15) is 18.9 Å². The molecule has 7 nitrogen and oxygen atoms in total. The highest BCUT2D eigenvalue weighted by molar-refractivity contribution is 6.21. The summed E-state index contributed by atoms with van der Waals surface area (Å²) in [5.74, 6) is -0.425. The van der Waals surface area contributed by atoms with Crippen LogP contribution >= 0.6 is 0 Å². The Balaban J connectivity index is 1.37. The molecule has 3 N–H and O–H groups in total. The van der Waals surface area contributed by atoms with Gasteiger partial charge in [0.25, 0.3) is 5.91 Å². The molecule has 0 radical (unpaired) electrons. The zero-order valence-electron chi connectivity index (χ0n) is 17.2. The minimum atomic E-state index is -0.300. The molecule has 2 fully saturated rings. The summed E-state index contributed by atoms with van der Waals surface area (Å²) in [5, 5.41) is 2.69. The van der Waals surface area contributed by atoms with Crippen molar-refractivity contribution in [1.82, 2.24) is 0 Å². The molecule has 0 bridgehead atoms. The van der Waals surface area contributed by atoms with Crippen molar-refractivity contribution in [3.63, 3.8) is 0 Å². The average Bonchev–Trinajstić information content (AvgIpc) is 3.04. The Bertz CT molecular complexity index is 921. The van der Waals surface area contributed by atoms with Gasteiger partial charge in [-0.3, -0.25) is 14.4 Å². The predicted molar refractivity (Wildman–Crippen MR) is 113 cm³/mol. The number of hydrogen-bond acceptors (Lipinski definition) is 3. The van der Waals surface area contributed by atoms with Gasteiger partial charge in [-0.2, -0.15) is 0 Å². The highest BCUT2D eigenvalue weighted by Gasteiger charge is 2.46. The van der Waals surface area contributed by atoms with Crippen LogP contribution in [0, 0.1) is 0 Å². The molecule has 2 saturated heterocycles. The molecule has 2 aliphatic heterocycles. The van der Waals surface area contributed by atoms with E-state index in [1.165, 1.54) is 27.2 Å². The highest BCUT2D eigenvalue weighted by atomic mass is 16.2. The fourth-order valence-corrected chi connectivity index (χ4v) is 4.45. The third-order valence-electron chi connectivity index (χ3n) is 5.98. The summed E-state index contributed by atoms with van der Waals surface area (Å²) in [6.45, 7) is 6.21. The van der Waals surface area contributed by atoms with E-state index in [9.17, 15) is 14.4 Å². The van der Waals surface area contributed by atoms with E-state index in [0.717, 1.165) is 32.7 Å². The van der Waals surface area contributed by atoms with Gasteiger partial charge in [0, 0.05) is 18.2 Å². The highest BCUT2D eigenvalue weighted by Crippen LogP contribution is 2.23. The van der Waals surface area contributed by atoms with E-state index in [2.05, 4.69) is 29.6 Å². The molecule has 156 valence electrons. The topological polar surface area (TPSA) is 75.4 Å². The van der Waals surface area contributed by atoms with Gasteiger partial charge in [-0.15, -0.1) is 0 Å². The van der Waals surface area contributed by atoms with Crippen LogP contribution in [0.25, 0.3) is 0 Å². The molecule has 0 saturated carbocycles. The lowest BCUT2D eigenvalue weighted by atomic mass is 10.1. The van der Waals surface area contributed by atoms with E-state index in [4.69, 9.17) is 0 Å². The number of piperazine rings is 1. The number of carbonyl (C=O) groups is 3. The summed E-state index contributed by atoms with van der Waals surface area (Å²) >= 11 is 0. The molecule has 3 amide bonds. The Hall–Kier alpha value is -3.03. The third kappa shape index (κ3) is 4.42. The molecule has 0 unspecified atom stereocenters. The van der Waals surface area contributed by atoms with E-state index in [1.807, 2.05) is 6.07 Å². The van der Waals surface area contributed by atoms with E-state index >= 15 is 0 Å². The summed E-state index contributed by atoms with van der Waals surface area (Å²) in [4.78, 5) is 40.9. The number of amides is 3. The zero-order chi connectivity index (χ0) is 21.1. The van der Waals surface area contributed by atoms with Gasteiger partial charge in [0.2, 0.25) is 11.8 Å². The van der Waals surface area contributed by atoms with Crippen molar-refractivity contribution in [2.24, 2.45) is 0 Å². The minimum absolute atomic E-state index is 0.117. The van der Waals surface area contributed by atoms with Crippen LogP contribution in [-0.4, -0.2) is 49.9 Å². The summed E-state index contributed by atoms with van der Waals surface area (Å²) in [6.07, 6.45) is 0.260. The number of anilines is 2. The number of hydrogen-bond donors (Lipinski definition) is 3. The molecule has 0 aromatic heterocycles. The lowest BCUT2D eigenvalue weighted by molar-refractivity contribution is -1.02. The van der Waals surface area contributed by atoms with Gasteiger partial charge in [-0.05, 0) is 24.3 Å². The van der Waals surface area contributed by atoms with Crippen molar-refractivity contribution < 1.29 is 24.2 Å². The lowest BCUT2D eigenvalue weighted by Gasteiger charge is -2.32. The monoisotopic (exact) mass is 408 g/mol. The molecule has 2 aromatic carbocycles. The molecule has 2 aromatic rings. The standard InChI is InChI=1S/C23H26N4O3/c1-17(28)24-19-7-9-20(10-8-19)27-22(29)15-21(23(27)30)26-13-11-25(12-14-26)16-18-5-3-2-4-6-18/h2-10,21H,11-16H2,1H3,(H,24,28)/p+2/t21-/m0/s1. The molecule has 2 heterocycles. The van der Waals surface area contributed by atoms with Crippen LogP contribution < -0.4 is 20.0 Å². The second-order valence-electron chi connectivity index (χ2n) is 8.12. The van der Waals surface area contributed by atoms with Crippen LogP contribution in [-0.2, 0) is 20.9 Å². The Labute approximate surface area is 176 Å². The molecule has 0 spiro atoms. The summed E-state index contributed by atoms with van der Waals surface area (Å²) < 4.78 is 0. The number of quaternary nitrogens is 2. The maximum atomic E-state index is 13.1. The smallest absolute Gasteiger partial charge is 0.292 e. The van der Waals surface area contributed by atoms with Crippen molar-refractivity contribution in [2.45, 2.75) is 25.9 Å². The first-order valence-corrected chi connectivity index (χ1v) is 10.5. The lowest BCUT2D eigenvalue weighted by Crippen LogP contribution is -3.29. The summed E-state index contributed by atoms with van der Waals surface area (Å²) in [7, 11) is 0. The molecule has 4 rings (SSSR count). The molecular weight excluding hydrogens is 380 g/mol. The van der Waals surface area contributed by atoms with Crippen molar-refractivity contribution >= 4 is 29.1 Å². The van der Waals surface area contributed by atoms with Gasteiger partial charge in [0.1, 0.15) is 32.7 Å². The van der Waals surface area contributed by atoms with E-state index in [0.29, 0.717) is 11.4 Å². The third-order valence-corrected chi connectivity index (χ3v) is 5.98. The summed E-state index contributed by atoms with van der Waals surface area (Å²) in [6, 6.07) is 17.0. The van der Waals surface area contributed by atoms with Gasteiger partial charge >= 0.3 is 0 Å². The normalized spacial score (nSPS) is 24.2. The van der Waals surface area contributed by atoms with E-state index < -0.39 is 0 Å². The molecular formula is C23H28N4O3+2. The second-order valence-corrected chi connectivity index (χ2v) is 8.12. The Morgan fingerprint density at radius 1 is 1.00 bits per heavy atom. The van der Waals surface area contributed by atoms with Gasteiger partial charge in [0.15, 0.2) is 6.04 Å². The van der Waals surface area contributed by atoms with E-state index in [1.54, 1.807) is 24.3 Å². The summed E-state index contributed by atoms with van der Waals surface area (Å²) in [5.41, 5.74) is 2.54. The Morgan fingerprint density at radius 3 is 2.30 bits per heavy atom. The second kappa shape index (κ2) is 8.77. The first-order chi connectivity index (χ1) is 14.5. The van der Waals surface area contributed by atoms with Crippen molar-refractivity contribution in [1.29, 1.82) is 0 Å². The van der Waals surface area contributed by atoms with Crippen LogP contribution in [0.15, 0.2) is 54.6 Å². The fraction of sp³-hybridized carbons (Fsp3) is 0.348. The van der Waals surface area contributed by atoms with Gasteiger partial charge in [-0.1, -0.05) is 30.3 Å². The van der Waals surface area contributed by atoms with Crippen LogP contribution in [0.3, 0.4) is 0 Å². The number of nitrogens with one attached hydrogen (secondary N) is 3. The van der Waals surface area contributed by atoms with Crippen LogP contribution in [0.2, 0.25) is 0 Å². The Morgan fingerprint density at radius 2 is 1.67 bits per heavy atom. The number of nitrogens with zero attached hydrogens (tertiary/aromatic N) is 1. The van der Waals surface area contributed by atoms with Crippen molar-refractivity contribution in [3.05, 3.63) is 60.2 Å². The SMILES string of the molecule is CC(=O)Nc1ccc(N2C(=O)C[C@H]([NH+]3CC[NH+](Cc4ccccc4)CC3)C2=O)cc1. The molecule has 0 aliphatic carbocycles. The maximum absolute atomic E-state index is 13.1. The molecule has 2 aliphatic rings. The first kappa shape index (κ1) is 20.3. The zero-order valence-corrected chi connectivity index (χ0v) is 17.2. The molecule has 30 heavy (non-hydrogen) atoms. The molecule has 1 atom stereocenters. The quantitative estimate of drug-likeness (QED) is 0.571. The molecule has 7 heteroatoms. The number of imide groups is 1. The predicted octanol–water partition coefficient (Wildman–Crippen LogP) is -0.739. The van der Waals surface area contributed by atoms with Crippen LogP contribution in [0.5, 0.6) is 0 Å².